The van der Waals surface area contributed by atoms with Crippen LogP contribution in [0, 0.1) is 57.8 Å². The number of Topliss-reactive ketones (excluding diaryl/α,β-unsaturated/α-hetero) is 2. The molecule has 6 atom stereocenters. The Morgan fingerprint density at radius 3 is 1.45 bits per heavy atom. The first-order chi connectivity index (χ1) is 51.4. The zero-order valence-electron chi connectivity index (χ0n) is 61.5. The summed E-state index contributed by atoms with van der Waals surface area (Å²) in [6, 6.07) is 16.5. The molecule has 2 N–H and O–H groups in total. The minimum Gasteiger partial charge on any atom is -0.399 e. The number of rotatable bonds is 18. The SMILES string of the molecule is CC(C)(O)C#Cc1ccc(-c2cnc3c(c2)C=CC3)c([C@@H](CC(=O)Cn2nc(C(F)F)c3c2C(F)(F)[C@]2(C)C[C@H]32)Cc2cc(F)cc(F)c2)n1.CC(C)(O)C#Cc1ccc(Br)c([C@@H](CC(=O)Cn2nc(C(F)F)c3c2C(F)(F)[C@]2(C)C[C@H]32)Cc2cc(F)cc(F)c2)n1.CC1(C)OB(c2cnc3c(c2)C=CC3)OC1(C)C. The Morgan fingerprint density at radius 1 is 0.591 bits per heavy atom. The highest BCUT2D eigenvalue weighted by Crippen LogP contribution is 2.78. The minimum atomic E-state index is -3.47. The standard InChI is InChI=1S/C38H32F6N4O2.C30H26BrF6N3O2.C14H18BNO2/c1-36(2,50)10-9-26-7-8-28(23-14-21-5-4-6-30(21)45-18-23)32(46-26)22(11-20-12-24(39)16-25(40)13-20)15-27(49)19-48-34-31(33(47-48)35(41)42)29-17-37(29,3)38(34,43)44;1-28(2,42)7-6-19-4-5-22(31)24(38-19)16(8-15-9-17(32)12-18(33)10-15)11-20(41)14-40-26-23(25(39-40)27(34)35)21-13-29(21,3)30(26,36)37;1-13(2)14(3,4)18-15(17-13)11-8-10-6-5-7-12(10)16-9-11/h4-5,7-8,12-14,16,18,22,29,35,50H,6,11,15,17,19H2,1-3H3;4-5,9-10,12,16,21,27,42H,8,11,13-14H2,1-3H3;5-6,8-9H,7H2,1-4H3/t22-,29-,37-;16-,21-,29-;/m11./s1. The molecule has 2 saturated carbocycles. The largest absolute Gasteiger partial charge is 0.496 e. The number of aromatic nitrogens is 8. The summed E-state index contributed by atoms with van der Waals surface area (Å²) in [7, 11) is -0.318. The van der Waals surface area contributed by atoms with Crippen LogP contribution in [0.25, 0.3) is 23.3 Å². The lowest BCUT2D eigenvalue weighted by Gasteiger charge is -2.32. The number of halogens is 13. The van der Waals surface area contributed by atoms with Gasteiger partial charge in [-0.05, 0) is 186 Å². The van der Waals surface area contributed by atoms with Crippen LogP contribution in [0.1, 0.15) is 222 Å². The maximum absolute atomic E-state index is 15.6. The number of hydrogen-bond donors (Lipinski definition) is 2. The number of aliphatic hydroxyl groups is 2. The van der Waals surface area contributed by atoms with E-state index < -0.39 is 141 Å². The molecule has 0 radical (unpaired) electrons. The van der Waals surface area contributed by atoms with Crippen molar-refractivity contribution >= 4 is 52.2 Å². The number of carbonyl (C=O) groups is 2. The molecule has 574 valence electrons. The van der Waals surface area contributed by atoms with Gasteiger partial charge in [-0.1, -0.05) is 56.1 Å². The number of carbonyl (C=O) groups excluding carboxylic acids is 2. The van der Waals surface area contributed by atoms with Crippen molar-refractivity contribution in [2.45, 2.75) is 204 Å². The normalized spacial score (nSPS) is 21.1. The zero-order valence-corrected chi connectivity index (χ0v) is 63.1. The van der Waals surface area contributed by atoms with Crippen molar-refractivity contribution in [2.75, 3.05) is 0 Å². The molecule has 110 heavy (non-hydrogen) atoms. The number of allylic oxidation sites excluding steroid dienone is 2. The van der Waals surface area contributed by atoms with Crippen LogP contribution in [-0.2, 0) is 69.5 Å². The van der Waals surface area contributed by atoms with Crippen LogP contribution in [0.15, 0.2) is 102 Å². The number of alkyl halides is 8. The topological polar surface area (TPSA) is 180 Å². The number of hydrogen-bond acceptors (Lipinski definition) is 12. The van der Waals surface area contributed by atoms with Crippen molar-refractivity contribution in [3.63, 3.8) is 0 Å². The molecule has 6 aliphatic carbocycles. The summed E-state index contributed by atoms with van der Waals surface area (Å²) < 4.78 is 188. The van der Waals surface area contributed by atoms with E-state index >= 15 is 17.6 Å². The molecule has 0 spiro atoms. The second-order valence-corrected chi connectivity index (χ2v) is 32.6. The minimum absolute atomic E-state index is 0.0487. The van der Waals surface area contributed by atoms with Crippen molar-refractivity contribution in [2.24, 2.45) is 10.8 Å². The van der Waals surface area contributed by atoms with Gasteiger partial charge in [0.1, 0.15) is 81.7 Å². The molecule has 14 nitrogen and oxygen atoms in total. The van der Waals surface area contributed by atoms with Crippen molar-refractivity contribution < 1.29 is 81.8 Å². The third kappa shape index (κ3) is 15.7. The van der Waals surface area contributed by atoms with Crippen LogP contribution >= 0.6 is 15.9 Å². The van der Waals surface area contributed by atoms with Gasteiger partial charge in [-0.3, -0.25) is 28.9 Å². The molecule has 1 saturated heterocycles. The van der Waals surface area contributed by atoms with Crippen LogP contribution in [0.5, 0.6) is 0 Å². The van der Waals surface area contributed by atoms with Gasteiger partial charge in [0.05, 0.1) is 34.0 Å². The molecule has 2 aromatic carbocycles. The van der Waals surface area contributed by atoms with Gasteiger partial charge < -0.3 is 19.5 Å². The Morgan fingerprint density at radius 2 is 1.01 bits per heavy atom. The quantitative estimate of drug-likeness (QED) is 0.0472. The average molecular weight is 1590 g/mol. The third-order valence-corrected chi connectivity index (χ3v) is 22.4. The number of nitrogens with zero attached hydrogens (tertiary/aromatic N) is 8. The van der Waals surface area contributed by atoms with Gasteiger partial charge in [-0.25, -0.2) is 45.1 Å². The van der Waals surface area contributed by atoms with Gasteiger partial charge in [0.2, 0.25) is 0 Å². The van der Waals surface area contributed by atoms with Gasteiger partial charge in [0.25, 0.3) is 24.7 Å². The highest BCUT2D eigenvalue weighted by molar-refractivity contribution is 9.10. The Balaban J connectivity index is 0.000000159. The van der Waals surface area contributed by atoms with Gasteiger partial charge in [-0.15, -0.1) is 0 Å². The van der Waals surface area contributed by atoms with Gasteiger partial charge >= 0.3 is 7.12 Å². The number of fused-ring (bicyclic) bond motifs is 8. The lowest BCUT2D eigenvalue weighted by atomic mass is 9.79. The molecule has 15 rings (SSSR count). The second kappa shape index (κ2) is 28.9. The Bertz CT molecular complexity index is 5180. The monoisotopic (exact) mass is 1590 g/mol. The van der Waals surface area contributed by atoms with E-state index in [1.165, 1.54) is 47.1 Å². The molecule has 7 heterocycles. The maximum atomic E-state index is 15.6. The van der Waals surface area contributed by atoms with Crippen molar-refractivity contribution in [3.05, 3.63) is 215 Å². The van der Waals surface area contributed by atoms with Crippen LogP contribution in [0.2, 0.25) is 0 Å². The van der Waals surface area contributed by atoms with Crippen LogP contribution < -0.4 is 5.46 Å². The molecule has 0 bridgehead atoms. The Hall–Kier alpha value is -9.06. The molecule has 8 aromatic rings. The third-order valence-electron chi connectivity index (χ3n) is 21.7. The lowest BCUT2D eigenvalue weighted by molar-refractivity contribution is -0.121. The lowest BCUT2D eigenvalue weighted by Crippen LogP contribution is -2.41. The zero-order chi connectivity index (χ0) is 79.5. The highest BCUT2D eigenvalue weighted by Gasteiger charge is 2.77. The predicted octanol–water partition coefficient (Wildman–Crippen LogP) is 16.7. The van der Waals surface area contributed by atoms with Crippen molar-refractivity contribution in [3.8, 4) is 34.8 Å². The van der Waals surface area contributed by atoms with E-state index in [4.69, 9.17) is 14.3 Å². The first kappa shape index (κ1) is 79.0. The van der Waals surface area contributed by atoms with E-state index in [1.807, 2.05) is 24.4 Å². The number of pyridine rings is 4. The molecule has 0 unspecified atom stereocenters. The van der Waals surface area contributed by atoms with Gasteiger partial charge in [0, 0.05) is 117 Å². The molecule has 6 aromatic heterocycles. The molecule has 28 heteroatoms. The summed E-state index contributed by atoms with van der Waals surface area (Å²) in [4.78, 5) is 45.6. The molecule has 3 fully saturated rings. The Labute approximate surface area is 635 Å². The first-order valence-corrected chi connectivity index (χ1v) is 36.5. The molecule has 7 aliphatic rings. The van der Waals surface area contributed by atoms with Crippen LogP contribution in [0.4, 0.5) is 52.7 Å². The van der Waals surface area contributed by atoms with Crippen LogP contribution in [0.3, 0.4) is 0 Å². The first-order valence-electron chi connectivity index (χ1n) is 35.8. The summed E-state index contributed by atoms with van der Waals surface area (Å²) in [5.74, 6) is -3.81. The van der Waals surface area contributed by atoms with Crippen LogP contribution in [-0.4, -0.2) is 90.8 Å². The van der Waals surface area contributed by atoms with E-state index in [0.717, 1.165) is 53.1 Å². The second-order valence-electron chi connectivity index (χ2n) is 31.7. The highest BCUT2D eigenvalue weighted by atomic mass is 79.9. The molecular formula is C82H76BBrF12N8O6. The summed E-state index contributed by atoms with van der Waals surface area (Å²) in [6.07, 6.45) is 6.29. The summed E-state index contributed by atoms with van der Waals surface area (Å²) in [5, 5.41) is 27.7. The fraction of sp³-hybridized carbons (Fsp3) is 0.415. The van der Waals surface area contributed by atoms with E-state index in [2.05, 4.69) is 111 Å². The molecule has 0 amide bonds. The fourth-order valence-corrected chi connectivity index (χ4v) is 15.7. The van der Waals surface area contributed by atoms with Crippen molar-refractivity contribution in [1.29, 1.82) is 0 Å². The number of ketones is 2. The average Bonchev–Trinajstić information content (AvgIpc) is 1.50. The summed E-state index contributed by atoms with van der Waals surface area (Å²) in [5.41, 5.74) is -1.67. The summed E-state index contributed by atoms with van der Waals surface area (Å²) in [6.45, 7) is 15.5. The predicted molar refractivity (Wildman–Crippen MR) is 389 cm³/mol. The fourth-order valence-electron chi connectivity index (χ4n) is 15.1. The molecular weight excluding hydrogens is 1510 g/mol. The Kier molecular flexibility index (Phi) is 20.8. The van der Waals surface area contributed by atoms with E-state index in [-0.39, 0.29) is 90.5 Å². The number of benzene rings is 2. The van der Waals surface area contributed by atoms with E-state index in [9.17, 15) is 54.9 Å². The molecule has 1 aliphatic heterocycles. The summed E-state index contributed by atoms with van der Waals surface area (Å²) >= 11 is 3.39. The van der Waals surface area contributed by atoms with E-state index in [0.29, 0.717) is 54.9 Å². The maximum Gasteiger partial charge on any atom is 0.496 e. The van der Waals surface area contributed by atoms with E-state index in [1.54, 1.807) is 30.5 Å². The van der Waals surface area contributed by atoms with Gasteiger partial charge in [-0.2, -0.15) is 27.8 Å². The van der Waals surface area contributed by atoms with Crippen molar-refractivity contribution in [1.82, 2.24) is 39.5 Å². The smallest absolute Gasteiger partial charge is 0.399 e. The van der Waals surface area contributed by atoms with Gasteiger partial charge in [0.15, 0.2) is 11.6 Å².